The van der Waals surface area contributed by atoms with Crippen molar-refractivity contribution < 1.29 is 23.1 Å². The molecule has 0 saturated carbocycles. The van der Waals surface area contributed by atoms with Gasteiger partial charge in [-0.15, -0.1) is 0 Å². The van der Waals surface area contributed by atoms with E-state index in [1.165, 1.54) is 6.07 Å². The zero-order valence-corrected chi connectivity index (χ0v) is 10.9. The van der Waals surface area contributed by atoms with Gasteiger partial charge in [0, 0.05) is 0 Å². The summed E-state index contributed by atoms with van der Waals surface area (Å²) >= 11 is 0. The second-order valence-electron chi connectivity index (χ2n) is 4.41. The highest BCUT2D eigenvalue weighted by Crippen LogP contribution is 2.26. The summed E-state index contributed by atoms with van der Waals surface area (Å²) in [7, 11) is 0. The fraction of sp³-hybridized carbons (Fsp3) is 0.214. The third kappa shape index (κ3) is 2.64. The largest absolute Gasteiger partial charge is 0.478 e. The number of nitrogens with one attached hydrogen (secondary N) is 1. The van der Waals surface area contributed by atoms with E-state index in [0.717, 1.165) is 6.07 Å². The van der Waals surface area contributed by atoms with Crippen LogP contribution < -0.4 is 5.32 Å². The quantitative estimate of drug-likeness (QED) is 0.896. The van der Waals surface area contributed by atoms with Crippen molar-refractivity contribution in [2.75, 3.05) is 5.32 Å². The molecule has 0 fully saturated rings. The highest BCUT2D eigenvalue weighted by Gasteiger charge is 2.19. The van der Waals surface area contributed by atoms with Crippen LogP contribution in [0.1, 0.15) is 34.8 Å². The maximum Gasteiger partial charge on any atom is 0.338 e. The minimum absolute atomic E-state index is 0.117. The third-order valence-electron chi connectivity index (χ3n) is 2.87. The molecule has 0 saturated heterocycles. The molecule has 1 unspecified atom stereocenters. The zero-order valence-electron chi connectivity index (χ0n) is 10.9. The number of aromatic carboxylic acids is 1. The lowest BCUT2D eigenvalue weighted by Crippen LogP contribution is -2.10. The molecule has 2 rings (SSSR count). The van der Waals surface area contributed by atoms with Crippen molar-refractivity contribution in [1.82, 2.24) is 0 Å². The van der Waals surface area contributed by atoms with Crippen molar-refractivity contribution >= 4 is 11.7 Å². The predicted octanol–water partition coefficient (Wildman–Crippen LogP) is 3.74. The number of aryl methyl sites for hydroxylation is 1. The Labute approximate surface area is 114 Å². The lowest BCUT2D eigenvalue weighted by molar-refractivity contribution is 0.0690. The normalized spacial score (nSPS) is 12.2. The Morgan fingerprint density at radius 1 is 1.25 bits per heavy atom. The minimum Gasteiger partial charge on any atom is -0.478 e. The summed E-state index contributed by atoms with van der Waals surface area (Å²) in [6.45, 7) is 3.50. The van der Waals surface area contributed by atoms with Gasteiger partial charge in [-0.05, 0) is 38.1 Å². The summed E-state index contributed by atoms with van der Waals surface area (Å²) in [5.41, 5.74) is -0.816. The van der Waals surface area contributed by atoms with E-state index >= 15 is 0 Å². The van der Waals surface area contributed by atoms with E-state index in [4.69, 9.17) is 9.52 Å². The number of carboxylic acids is 1. The monoisotopic (exact) mass is 281 g/mol. The topological polar surface area (TPSA) is 62.5 Å². The van der Waals surface area contributed by atoms with Crippen molar-refractivity contribution in [2.45, 2.75) is 19.9 Å². The fourth-order valence-electron chi connectivity index (χ4n) is 1.82. The van der Waals surface area contributed by atoms with Crippen LogP contribution in [0.15, 0.2) is 28.7 Å². The van der Waals surface area contributed by atoms with E-state index in [1.54, 1.807) is 26.0 Å². The number of rotatable bonds is 4. The van der Waals surface area contributed by atoms with Gasteiger partial charge >= 0.3 is 5.97 Å². The van der Waals surface area contributed by atoms with Crippen LogP contribution in [0, 0.1) is 18.6 Å². The summed E-state index contributed by atoms with van der Waals surface area (Å²) < 4.78 is 32.7. The van der Waals surface area contributed by atoms with Gasteiger partial charge in [0.05, 0.1) is 17.3 Å². The molecule has 0 aliphatic heterocycles. The van der Waals surface area contributed by atoms with Crippen molar-refractivity contribution in [3.05, 3.63) is 53.0 Å². The molecule has 1 aromatic heterocycles. The highest BCUT2D eigenvalue weighted by atomic mass is 19.2. The molecule has 0 spiro atoms. The van der Waals surface area contributed by atoms with E-state index in [2.05, 4.69) is 5.32 Å². The van der Waals surface area contributed by atoms with Crippen molar-refractivity contribution in [2.24, 2.45) is 0 Å². The molecular weight excluding hydrogens is 268 g/mol. The summed E-state index contributed by atoms with van der Waals surface area (Å²) in [4.78, 5) is 10.7. The van der Waals surface area contributed by atoms with Gasteiger partial charge in [0.25, 0.3) is 0 Å². The van der Waals surface area contributed by atoms with Crippen molar-refractivity contribution in [3.63, 3.8) is 0 Å². The van der Waals surface area contributed by atoms with Crippen molar-refractivity contribution in [1.29, 1.82) is 0 Å². The van der Waals surface area contributed by atoms with E-state index in [-0.39, 0.29) is 11.7 Å². The zero-order chi connectivity index (χ0) is 14.9. The number of furan rings is 1. The van der Waals surface area contributed by atoms with E-state index < -0.39 is 23.2 Å². The van der Waals surface area contributed by atoms with E-state index in [0.29, 0.717) is 11.5 Å². The van der Waals surface area contributed by atoms with Gasteiger partial charge < -0.3 is 14.8 Å². The molecule has 6 heteroatoms. The fourth-order valence-corrected chi connectivity index (χ4v) is 1.82. The Kier molecular flexibility index (Phi) is 3.74. The molecular formula is C14H13F2NO3. The highest BCUT2D eigenvalue weighted by molar-refractivity contribution is 5.88. The molecule has 2 N–H and O–H groups in total. The van der Waals surface area contributed by atoms with Crippen LogP contribution >= 0.6 is 0 Å². The van der Waals surface area contributed by atoms with Crippen LogP contribution in [0.25, 0.3) is 0 Å². The van der Waals surface area contributed by atoms with Crippen LogP contribution in [0.4, 0.5) is 14.5 Å². The summed E-state index contributed by atoms with van der Waals surface area (Å²) in [5, 5.41) is 11.4. The average Bonchev–Trinajstić information content (AvgIpc) is 2.81. The van der Waals surface area contributed by atoms with Crippen LogP contribution in [0.3, 0.4) is 0 Å². The van der Waals surface area contributed by atoms with Crippen LogP contribution in [-0.4, -0.2) is 11.1 Å². The molecule has 20 heavy (non-hydrogen) atoms. The first-order chi connectivity index (χ1) is 9.40. The number of hydrogen-bond acceptors (Lipinski definition) is 3. The Bertz CT molecular complexity index is 652. The second-order valence-corrected chi connectivity index (χ2v) is 4.41. The van der Waals surface area contributed by atoms with Gasteiger partial charge in [0.1, 0.15) is 11.5 Å². The molecule has 1 heterocycles. The lowest BCUT2D eigenvalue weighted by atomic mass is 10.1. The van der Waals surface area contributed by atoms with Crippen LogP contribution in [-0.2, 0) is 0 Å². The Hall–Kier alpha value is -2.37. The minimum atomic E-state index is -1.51. The predicted molar refractivity (Wildman–Crippen MR) is 68.8 cm³/mol. The van der Waals surface area contributed by atoms with E-state index in [1.807, 2.05) is 0 Å². The number of halogens is 2. The second kappa shape index (κ2) is 5.32. The van der Waals surface area contributed by atoms with Crippen LogP contribution in [0.5, 0.6) is 0 Å². The molecule has 0 radical (unpaired) electrons. The molecule has 0 aliphatic carbocycles. The molecule has 4 nitrogen and oxygen atoms in total. The Balaban J connectivity index is 2.26. The smallest absolute Gasteiger partial charge is 0.338 e. The first-order valence-electron chi connectivity index (χ1n) is 5.94. The van der Waals surface area contributed by atoms with Gasteiger partial charge in [-0.3, -0.25) is 0 Å². The molecule has 1 atom stereocenters. The number of anilines is 1. The summed E-state index contributed by atoms with van der Waals surface area (Å²) in [5.74, 6) is -2.83. The third-order valence-corrected chi connectivity index (χ3v) is 2.87. The Morgan fingerprint density at radius 3 is 2.50 bits per heavy atom. The number of hydrogen-bond donors (Lipinski definition) is 2. The number of carbonyl (C=O) groups is 1. The average molecular weight is 281 g/mol. The van der Waals surface area contributed by atoms with Crippen molar-refractivity contribution in [3.8, 4) is 0 Å². The van der Waals surface area contributed by atoms with Gasteiger partial charge in [-0.2, -0.15) is 0 Å². The van der Waals surface area contributed by atoms with Crippen LogP contribution in [0.2, 0.25) is 0 Å². The Morgan fingerprint density at radius 2 is 1.95 bits per heavy atom. The molecule has 0 bridgehead atoms. The molecule has 0 aliphatic rings. The molecule has 0 amide bonds. The molecule has 2 aromatic rings. The standard InChI is InChI=1S/C14H13F2NO3/c1-7-3-6-11(20-7)8(2)17-10-5-4-9(14(18)19)12(15)13(10)16/h3-6,8,17H,1-2H3,(H,18,19). The first kappa shape index (κ1) is 14.0. The molecule has 1 aromatic carbocycles. The number of carboxylic acid groups (broad SMARTS) is 1. The van der Waals surface area contributed by atoms with Gasteiger partial charge in [0.2, 0.25) is 0 Å². The van der Waals surface area contributed by atoms with Gasteiger partial charge in [0.15, 0.2) is 11.6 Å². The maximum atomic E-state index is 13.8. The summed E-state index contributed by atoms with van der Waals surface area (Å²) in [6, 6.07) is 5.32. The number of benzene rings is 1. The molecule has 106 valence electrons. The van der Waals surface area contributed by atoms with E-state index in [9.17, 15) is 13.6 Å². The maximum absolute atomic E-state index is 13.8. The summed E-state index contributed by atoms with van der Waals surface area (Å²) in [6.07, 6.45) is 0. The van der Waals surface area contributed by atoms with Gasteiger partial charge in [-0.25, -0.2) is 13.6 Å². The SMILES string of the molecule is Cc1ccc(C(C)Nc2ccc(C(=O)O)c(F)c2F)o1. The first-order valence-corrected chi connectivity index (χ1v) is 5.94. The lowest BCUT2D eigenvalue weighted by Gasteiger charge is -2.14. The van der Waals surface area contributed by atoms with Gasteiger partial charge in [-0.1, -0.05) is 0 Å².